The van der Waals surface area contributed by atoms with Gasteiger partial charge in [-0.2, -0.15) is 0 Å². The summed E-state index contributed by atoms with van der Waals surface area (Å²) in [4.78, 5) is 10.9. The summed E-state index contributed by atoms with van der Waals surface area (Å²) in [6.07, 6.45) is 2.93. The highest BCUT2D eigenvalue weighted by Crippen LogP contribution is 2.20. The molecule has 0 aromatic rings. The highest BCUT2D eigenvalue weighted by molar-refractivity contribution is 5.94. The maximum absolute atomic E-state index is 10.9. The zero-order valence-electron chi connectivity index (χ0n) is 5.68. The number of rotatable bonds is 0. The van der Waals surface area contributed by atoms with Crippen LogP contribution in [-0.4, -0.2) is 12.4 Å². The molecule has 1 heterocycles. The Labute approximate surface area is 54.5 Å². The van der Waals surface area contributed by atoms with Crippen LogP contribution in [0.3, 0.4) is 0 Å². The summed E-state index contributed by atoms with van der Waals surface area (Å²) >= 11 is 0. The van der Waals surface area contributed by atoms with Crippen LogP contribution >= 0.6 is 0 Å². The Hall–Kier alpha value is -0.790. The first-order valence-corrected chi connectivity index (χ1v) is 2.95. The van der Waals surface area contributed by atoms with Crippen LogP contribution in [0.15, 0.2) is 12.3 Å². The van der Waals surface area contributed by atoms with Gasteiger partial charge in [0.05, 0.1) is 18.3 Å². The van der Waals surface area contributed by atoms with Gasteiger partial charge >= 0.3 is 0 Å². The van der Waals surface area contributed by atoms with E-state index >= 15 is 0 Å². The third kappa shape index (κ3) is 1.12. The first-order chi connectivity index (χ1) is 4.13. The van der Waals surface area contributed by atoms with Gasteiger partial charge < -0.3 is 4.74 Å². The van der Waals surface area contributed by atoms with Crippen molar-refractivity contribution in [3.63, 3.8) is 0 Å². The maximum Gasteiger partial charge on any atom is 0.167 e. The van der Waals surface area contributed by atoms with E-state index in [-0.39, 0.29) is 11.2 Å². The summed E-state index contributed by atoms with van der Waals surface area (Å²) in [6.45, 7) is 4.25. The molecule has 2 heteroatoms. The van der Waals surface area contributed by atoms with Crippen LogP contribution in [0.2, 0.25) is 0 Å². The lowest BCUT2D eigenvalue weighted by Gasteiger charge is -2.23. The molecular formula is C7H10O2. The molecule has 0 saturated heterocycles. The minimum Gasteiger partial charge on any atom is -0.500 e. The van der Waals surface area contributed by atoms with Gasteiger partial charge in [-0.3, -0.25) is 4.79 Å². The fraction of sp³-hybridized carbons (Fsp3) is 0.571. The van der Waals surface area contributed by atoms with Crippen LogP contribution in [0, 0.1) is 5.41 Å². The average molecular weight is 126 g/mol. The lowest BCUT2D eigenvalue weighted by Crippen LogP contribution is -2.30. The molecule has 0 fully saturated rings. The lowest BCUT2D eigenvalue weighted by atomic mass is 9.88. The Morgan fingerprint density at radius 1 is 1.67 bits per heavy atom. The van der Waals surface area contributed by atoms with E-state index in [9.17, 15) is 4.79 Å². The van der Waals surface area contributed by atoms with Gasteiger partial charge in [0.25, 0.3) is 0 Å². The molecule has 1 rings (SSSR count). The first kappa shape index (κ1) is 6.33. The molecule has 2 nitrogen and oxygen atoms in total. The molecule has 9 heavy (non-hydrogen) atoms. The third-order valence-electron chi connectivity index (χ3n) is 1.43. The Balaban J connectivity index is 2.78. The van der Waals surface area contributed by atoms with Crippen molar-refractivity contribution in [1.29, 1.82) is 0 Å². The average Bonchev–Trinajstić information content (AvgIpc) is 1.77. The van der Waals surface area contributed by atoms with Crippen LogP contribution in [-0.2, 0) is 9.53 Å². The second-order valence-electron chi connectivity index (χ2n) is 2.86. The summed E-state index contributed by atoms with van der Waals surface area (Å²) in [5, 5.41) is 0. The number of ether oxygens (including phenoxy) is 1. The summed E-state index contributed by atoms with van der Waals surface area (Å²) in [7, 11) is 0. The van der Waals surface area contributed by atoms with Gasteiger partial charge in [-0.25, -0.2) is 0 Å². The van der Waals surface area contributed by atoms with E-state index in [2.05, 4.69) is 0 Å². The Morgan fingerprint density at radius 2 is 2.33 bits per heavy atom. The van der Waals surface area contributed by atoms with Crippen LogP contribution in [0.5, 0.6) is 0 Å². The van der Waals surface area contributed by atoms with Crippen molar-refractivity contribution in [3.8, 4) is 0 Å². The fourth-order valence-corrected chi connectivity index (χ4v) is 0.663. The number of hydrogen-bond acceptors (Lipinski definition) is 2. The number of carbonyl (C=O) groups excluding carboxylic acids is 1. The molecule has 0 N–H and O–H groups in total. The predicted octanol–water partition coefficient (Wildman–Crippen LogP) is 1.13. The van der Waals surface area contributed by atoms with Crippen molar-refractivity contribution in [2.45, 2.75) is 13.8 Å². The first-order valence-electron chi connectivity index (χ1n) is 2.95. The molecule has 50 valence electrons. The van der Waals surface area contributed by atoms with Gasteiger partial charge in [-0.1, -0.05) is 0 Å². The van der Waals surface area contributed by atoms with Crippen molar-refractivity contribution in [2.24, 2.45) is 5.41 Å². The zero-order chi connectivity index (χ0) is 6.91. The van der Waals surface area contributed by atoms with Gasteiger partial charge in [0.1, 0.15) is 0 Å². The smallest absolute Gasteiger partial charge is 0.167 e. The summed E-state index contributed by atoms with van der Waals surface area (Å²) < 4.78 is 4.95. The minimum absolute atomic E-state index is 0.147. The van der Waals surface area contributed by atoms with Crippen LogP contribution in [0.25, 0.3) is 0 Å². The predicted molar refractivity (Wildman–Crippen MR) is 33.9 cm³/mol. The number of hydrogen-bond donors (Lipinski definition) is 0. The van der Waals surface area contributed by atoms with Gasteiger partial charge in [0.2, 0.25) is 0 Å². The van der Waals surface area contributed by atoms with E-state index in [1.807, 2.05) is 13.8 Å². The molecule has 1 aliphatic heterocycles. The summed E-state index contributed by atoms with van der Waals surface area (Å²) in [5.74, 6) is 0.147. The summed E-state index contributed by atoms with van der Waals surface area (Å²) in [5.41, 5.74) is -0.311. The van der Waals surface area contributed by atoms with E-state index in [4.69, 9.17) is 4.74 Å². The van der Waals surface area contributed by atoms with Gasteiger partial charge in [-0.05, 0) is 13.8 Å². The van der Waals surface area contributed by atoms with Crippen molar-refractivity contribution >= 4 is 5.78 Å². The molecule has 0 unspecified atom stereocenters. The van der Waals surface area contributed by atoms with Crippen molar-refractivity contribution in [2.75, 3.05) is 6.61 Å². The number of ketones is 1. The monoisotopic (exact) mass is 126 g/mol. The Bertz CT molecular complexity index is 156. The molecule has 0 spiro atoms. The SMILES string of the molecule is CC1(C)COC=CC1=O. The lowest BCUT2D eigenvalue weighted by molar-refractivity contribution is -0.125. The molecule has 0 atom stereocenters. The molecule has 0 aromatic heterocycles. The molecule has 0 radical (unpaired) electrons. The second-order valence-corrected chi connectivity index (χ2v) is 2.86. The third-order valence-corrected chi connectivity index (χ3v) is 1.43. The molecule has 0 aromatic carbocycles. The van der Waals surface area contributed by atoms with E-state index < -0.39 is 0 Å². The molecule has 0 amide bonds. The van der Waals surface area contributed by atoms with E-state index in [0.717, 1.165) is 0 Å². The fourth-order valence-electron chi connectivity index (χ4n) is 0.663. The van der Waals surface area contributed by atoms with Gasteiger partial charge in [0, 0.05) is 6.08 Å². The minimum atomic E-state index is -0.311. The Morgan fingerprint density at radius 3 is 2.67 bits per heavy atom. The zero-order valence-corrected chi connectivity index (χ0v) is 5.68. The molecule has 0 bridgehead atoms. The molecule has 0 saturated carbocycles. The molecular weight excluding hydrogens is 116 g/mol. The van der Waals surface area contributed by atoms with Crippen molar-refractivity contribution in [3.05, 3.63) is 12.3 Å². The normalized spacial score (nSPS) is 23.6. The largest absolute Gasteiger partial charge is 0.500 e. The number of carbonyl (C=O) groups is 1. The van der Waals surface area contributed by atoms with Crippen molar-refractivity contribution < 1.29 is 9.53 Å². The van der Waals surface area contributed by atoms with Crippen LogP contribution < -0.4 is 0 Å². The number of allylic oxidation sites excluding steroid dienone is 1. The van der Waals surface area contributed by atoms with Crippen molar-refractivity contribution in [1.82, 2.24) is 0 Å². The van der Waals surface area contributed by atoms with Gasteiger partial charge in [0.15, 0.2) is 5.78 Å². The molecule has 1 aliphatic rings. The van der Waals surface area contributed by atoms with E-state index in [0.29, 0.717) is 6.61 Å². The highest BCUT2D eigenvalue weighted by Gasteiger charge is 2.28. The highest BCUT2D eigenvalue weighted by atomic mass is 16.5. The molecule has 0 aliphatic carbocycles. The topological polar surface area (TPSA) is 26.3 Å². The van der Waals surface area contributed by atoms with Crippen LogP contribution in [0.1, 0.15) is 13.8 Å². The van der Waals surface area contributed by atoms with Crippen LogP contribution in [0.4, 0.5) is 0 Å². The Kier molecular flexibility index (Phi) is 1.31. The van der Waals surface area contributed by atoms with E-state index in [1.165, 1.54) is 12.3 Å². The maximum atomic E-state index is 10.9. The summed E-state index contributed by atoms with van der Waals surface area (Å²) in [6, 6.07) is 0. The van der Waals surface area contributed by atoms with E-state index in [1.54, 1.807) is 0 Å². The quantitative estimate of drug-likeness (QED) is 0.486. The van der Waals surface area contributed by atoms with Gasteiger partial charge in [-0.15, -0.1) is 0 Å². The standard InChI is InChI=1S/C7H10O2/c1-7(2)5-9-4-3-6(7)8/h3-4H,5H2,1-2H3. The second kappa shape index (κ2) is 1.87.